The summed E-state index contributed by atoms with van der Waals surface area (Å²) in [6, 6.07) is 0. The van der Waals surface area contributed by atoms with Crippen LogP contribution in [0.3, 0.4) is 0 Å². The third-order valence-electron chi connectivity index (χ3n) is 10.3. The fraction of sp³-hybridized carbons (Fsp3) is 1.00. The van der Waals surface area contributed by atoms with Gasteiger partial charge in [-0.3, -0.25) is 0 Å². The van der Waals surface area contributed by atoms with Gasteiger partial charge in [0, 0.05) is 0 Å². The monoisotopic (exact) mass is 478 g/mol. The molecule has 0 aliphatic heterocycles. The van der Waals surface area contributed by atoms with Crippen molar-refractivity contribution in [2.24, 2.45) is 41.4 Å². The second kappa shape index (κ2) is 14.6. The van der Waals surface area contributed by atoms with Gasteiger partial charge in [0.2, 0.25) is 0 Å². The smallest absolute Gasteiger partial charge is 0.0801 e. The fourth-order valence-electron chi connectivity index (χ4n) is 7.57. The maximum absolute atomic E-state index is 10.9. The van der Waals surface area contributed by atoms with Crippen molar-refractivity contribution in [1.82, 2.24) is 0 Å². The topological polar surface area (TPSA) is 60.7 Å². The predicted molar refractivity (Wildman–Crippen MR) is 143 cm³/mol. The zero-order valence-corrected chi connectivity index (χ0v) is 22.8. The van der Waals surface area contributed by atoms with Crippen LogP contribution in [0.4, 0.5) is 0 Å². The van der Waals surface area contributed by atoms with E-state index in [1.807, 2.05) is 0 Å². The van der Waals surface area contributed by atoms with E-state index in [2.05, 4.69) is 20.8 Å². The average Bonchev–Trinajstić information content (AvgIpc) is 2.83. The van der Waals surface area contributed by atoms with Gasteiger partial charge in [-0.25, -0.2) is 0 Å². The molecule has 0 bridgehead atoms. The van der Waals surface area contributed by atoms with Gasteiger partial charge in [-0.05, 0) is 86.4 Å². The van der Waals surface area contributed by atoms with Crippen molar-refractivity contribution < 1.29 is 15.3 Å². The second-order valence-electron chi connectivity index (χ2n) is 13.4. The first-order chi connectivity index (χ1) is 16.3. The zero-order valence-electron chi connectivity index (χ0n) is 22.8. The van der Waals surface area contributed by atoms with Crippen LogP contribution in [0.5, 0.6) is 0 Å². The summed E-state index contributed by atoms with van der Waals surface area (Å²) < 4.78 is 0. The molecule has 3 nitrogen and oxygen atoms in total. The number of aliphatic hydroxyl groups is 3. The van der Waals surface area contributed by atoms with Crippen LogP contribution >= 0.6 is 0 Å². The van der Waals surface area contributed by atoms with Crippen molar-refractivity contribution in [3.63, 3.8) is 0 Å². The largest absolute Gasteiger partial charge is 0.393 e. The summed E-state index contributed by atoms with van der Waals surface area (Å²) in [7, 11) is 0. The van der Waals surface area contributed by atoms with E-state index >= 15 is 0 Å². The summed E-state index contributed by atoms with van der Waals surface area (Å²) in [6.07, 6.45) is 20.4. The van der Waals surface area contributed by atoms with Crippen molar-refractivity contribution in [1.29, 1.82) is 0 Å². The van der Waals surface area contributed by atoms with E-state index in [1.54, 1.807) is 0 Å². The molecular formula is C31H58O3. The Morgan fingerprint density at radius 3 is 1.85 bits per heavy atom. The van der Waals surface area contributed by atoms with E-state index in [0.29, 0.717) is 30.1 Å². The van der Waals surface area contributed by atoms with Crippen molar-refractivity contribution in [2.45, 2.75) is 155 Å². The summed E-state index contributed by atoms with van der Waals surface area (Å²) in [5, 5.41) is 32.4. The van der Waals surface area contributed by atoms with Crippen molar-refractivity contribution in [3.8, 4) is 0 Å². The molecule has 4 atom stereocenters. The maximum Gasteiger partial charge on any atom is 0.0801 e. The molecule has 200 valence electrons. The SMILES string of the molecule is CC1CCC(C(O)CC(CCC(O)[C@@H](O)CC2CCC(CC3CCCCC3)CC2)C(C)C)CC1. The Hall–Kier alpha value is -0.120. The van der Waals surface area contributed by atoms with Crippen LogP contribution in [0.1, 0.15) is 136 Å². The summed E-state index contributed by atoms with van der Waals surface area (Å²) in [5.74, 6) is 4.67. The van der Waals surface area contributed by atoms with Crippen LogP contribution < -0.4 is 0 Å². The van der Waals surface area contributed by atoms with Gasteiger partial charge < -0.3 is 15.3 Å². The van der Waals surface area contributed by atoms with Gasteiger partial charge in [0.15, 0.2) is 0 Å². The van der Waals surface area contributed by atoms with Crippen LogP contribution in [-0.4, -0.2) is 33.6 Å². The number of aliphatic hydroxyl groups excluding tert-OH is 3. The van der Waals surface area contributed by atoms with Crippen LogP contribution in [-0.2, 0) is 0 Å². The maximum atomic E-state index is 10.9. The molecule has 3 N–H and O–H groups in total. The van der Waals surface area contributed by atoms with E-state index in [9.17, 15) is 15.3 Å². The normalized spacial score (nSPS) is 32.9. The minimum atomic E-state index is -0.617. The molecule has 3 saturated carbocycles. The molecule has 0 aromatic carbocycles. The Morgan fingerprint density at radius 2 is 1.24 bits per heavy atom. The standard InChI is InChI=1S/C31H58O3/c1-22(2)28(21-30(33)27-15-9-23(3)10-16-27)17-18-29(32)31(34)20-26-13-11-25(12-14-26)19-24-7-5-4-6-8-24/h22-34H,4-21H2,1-3H3/t23?,25?,26?,27?,28?,29?,30?,31-/m0/s1. The van der Waals surface area contributed by atoms with Crippen molar-refractivity contribution >= 4 is 0 Å². The molecule has 3 aliphatic carbocycles. The lowest BCUT2D eigenvalue weighted by atomic mass is 9.73. The van der Waals surface area contributed by atoms with E-state index in [1.165, 1.54) is 77.0 Å². The highest BCUT2D eigenvalue weighted by Gasteiger charge is 2.30. The lowest BCUT2D eigenvalue weighted by molar-refractivity contribution is -0.0115. The van der Waals surface area contributed by atoms with Crippen LogP contribution in [0, 0.1) is 41.4 Å². The van der Waals surface area contributed by atoms with E-state index in [4.69, 9.17) is 0 Å². The first kappa shape index (κ1) is 28.5. The molecule has 0 radical (unpaired) electrons. The molecule has 3 unspecified atom stereocenters. The first-order valence-electron chi connectivity index (χ1n) is 15.4. The molecule has 0 amide bonds. The van der Waals surface area contributed by atoms with Crippen LogP contribution in [0.15, 0.2) is 0 Å². The fourth-order valence-corrected chi connectivity index (χ4v) is 7.57. The van der Waals surface area contributed by atoms with E-state index in [-0.39, 0.29) is 6.10 Å². The number of rotatable bonds is 12. The van der Waals surface area contributed by atoms with Gasteiger partial charge in [0.25, 0.3) is 0 Å². The average molecular weight is 479 g/mol. The van der Waals surface area contributed by atoms with Crippen LogP contribution in [0.25, 0.3) is 0 Å². The second-order valence-corrected chi connectivity index (χ2v) is 13.4. The molecule has 3 aliphatic rings. The molecule has 0 spiro atoms. The molecule has 0 saturated heterocycles. The molecule has 34 heavy (non-hydrogen) atoms. The molecule has 0 heterocycles. The minimum Gasteiger partial charge on any atom is -0.393 e. The van der Waals surface area contributed by atoms with Crippen molar-refractivity contribution in [3.05, 3.63) is 0 Å². The van der Waals surface area contributed by atoms with Gasteiger partial charge in [-0.2, -0.15) is 0 Å². The van der Waals surface area contributed by atoms with Gasteiger partial charge in [-0.15, -0.1) is 0 Å². The molecule has 3 rings (SSSR count). The summed E-state index contributed by atoms with van der Waals surface area (Å²) in [5.41, 5.74) is 0. The van der Waals surface area contributed by atoms with Gasteiger partial charge in [-0.1, -0.05) is 91.4 Å². The predicted octanol–water partition coefficient (Wildman–Crippen LogP) is 7.50. The zero-order chi connectivity index (χ0) is 24.5. The molecular weight excluding hydrogens is 420 g/mol. The highest BCUT2D eigenvalue weighted by atomic mass is 16.3. The lowest BCUT2D eigenvalue weighted by Gasteiger charge is -2.34. The quantitative estimate of drug-likeness (QED) is 0.272. The highest BCUT2D eigenvalue weighted by molar-refractivity contribution is 4.82. The Morgan fingerprint density at radius 1 is 0.647 bits per heavy atom. The van der Waals surface area contributed by atoms with Gasteiger partial charge in [0.1, 0.15) is 0 Å². The Kier molecular flexibility index (Phi) is 12.2. The Balaban J connectivity index is 1.33. The molecule has 3 heteroatoms. The van der Waals surface area contributed by atoms with Gasteiger partial charge >= 0.3 is 0 Å². The highest BCUT2D eigenvalue weighted by Crippen LogP contribution is 2.39. The third-order valence-corrected chi connectivity index (χ3v) is 10.3. The van der Waals surface area contributed by atoms with Gasteiger partial charge in [0.05, 0.1) is 18.3 Å². The minimum absolute atomic E-state index is 0.203. The van der Waals surface area contributed by atoms with E-state index < -0.39 is 12.2 Å². The Labute approximate surface area is 211 Å². The molecule has 0 aromatic heterocycles. The van der Waals surface area contributed by atoms with Crippen molar-refractivity contribution in [2.75, 3.05) is 0 Å². The molecule has 0 aromatic rings. The first-order valence-corrected chi connectivity index (χ1v) is 15.4. The molecule has 3 fully saturated rings. The summed E-state index contributed by atoms with van der Waals surface area (Å²) >= 11 is 0. The Bertz CT molecular complexity index is 527. The summed E-state index contributed by atoms with van der Waals surface area (Å²) in [4.78, 5) is 0. The summed E-state index contributed by atoms with van der Waals surface area (Å²) in [6.45, 7) is 6.82. The number of hydrogen-bond donors (Lipinski definition) is 3. The third kappa shape index (κ3) is 9.40. The lowest BCUT2D eigenvalue weighted by Crippen LogP contribution is -2.32. The van der Waals surface area contributed by atoms with E-state index in [0.717, 1.165) is 49.9 Å². The van der Waals surface area contributed by atoms with Crippen LogP contribution in [0.2, 0.25) is 0 Å². The number of hydrogen-bond acceptors (Lipinski definition) is 3.